The number of pyridine rings is 1. The molecule has 0 spiro atoms. The number of carbonyl (C=O) groups is 1. The number of anilines is 1. The molecule has 5 rings (SSSR count). The Labute approximate surface area is 207 Å². The van der Waals surface area contributed by atoms with Gasteiger partial charge in [0.1, 0.15) is 0 Å². The lowest BCUT2D eigenvalue weighted by Gasteiger charge is -2.23. The van der Waals surface area contributed by atoms with Crippen molar-refractivity contribution in [2.75, 3.05) is 18.7 Å². The molecular weight excluding hydrogens is 466 g/mol. The summed E-state index contributed by atoms with van der Waals surface area (Å²) in [7, 11) is 0. The lowest BCUT2D eigenvalue weighted by Crippen LogP contribution is -2.37. The largest absolute Gasteiger partial charge is 0.454 e. The molecule has 2 N–H and O–H groups in total. The van der Waals surface area contributed by atoms with E-state index in [-0.39, 0.29) is 24.9 Å². The molecule has 1 aliphatic heterocycles. The molecule has 0 saturated heterocycles. The van der Waals surface area contributed by atoms with Crippen LogP contribution in [0.15, 0.2) is 71.5 Å². The van der Waals surface area contributed by atoms with E-state index in [9.17, 15) is 9.59 Å². The van der Waals surface area contributed by atoms with Crippen molar-refractivity contribution in [3.8, 4) is 11.5 Å². The third kappa shape index (κ3) is 5.10. The third-order valence-corrected chi connectivity index (χ3v) is 6.26. The van der Waals surface area contributed by atoms with Gasteiger partial charge in [0.05, 0.1) is 22.8 Å². The molecule has 0 fully saturated rings. The minimum absolute atomic E-state index is 0.127. The molecule has 0 unspecified atom stereocenters. The fourth-order valence-electron chi connectivity index (χ4n) is 4.11. The summed E-state index contributed by atoms with van der Waals surface area (Å²) in [6.45, 7) is 2.73. The molecule has 2 amide bonds. The summed E-state index contributed by atoms with van der Waals surface area (Å²) in [5.41, 5.74) is 3.63. The van der Waals surface area contributed by atoms with E-state index in [1.54, 1.807) is 41.3 Å². The number of nitrogens with one attached hydrogen (secondary N) is 2. The van der Waals surface area contributed by atoms with Crippen LogP contribution in [-0.4, -0.2) is 29.3 Å². The number of rotatable bonds is 6. The Hall–Kier alpha value is -3.97. The maximum Gasteiger partial charge on any atom is 0.322 e. The number of H-pyrrole nitrogens is 1. The third-order valence-electron chi connectivity index (χ3n) is 5.93. The number of para-hydroxylation sites is 1. The highest BCUT2D eigenvalue weighted by Crippen LogP contribution is 2.35. The maximum absolute atomic E-state index is 13.3. The number of aromatic nitrogens is 1. The number of amides is 2. The van der Waals surface area contributed by atoms with Gasteiger partial charge in [-0.2, -0.15) is 0 Å². The van der Waals surface area contributed by atoms with Crippen molar-refractivity contribution in [2.45, 2.75) is 19.9 Å². The van der Waals surface area contributed by atoms with Crippen LogP contribution in [0.1, 0.15) is 16.7 Å². The maximum atomic E-state index is 13.3. The van der Waals surface area contributed by atoms with Gasteiger partial charge >= 0.3 is 6.03 Å². The molecule has 3 aromatic carbocycles. The fourth-order valence-corrected chi connectivity index (χ4v) is 4.29. The van der Waals surface area contributed by atoms with E-state index in [1.165, 1.54) is 0 Å². The SMILES string of the molecule is Cc1cccc(CCN(Cc2cc3cc4c(cc3[nH]c2=O)OCO4)C(=O)Nc2ccccc2Cl)c1. The van der Waals surface area contributed by atoms with E-state index in [4.69, 9.17) is 21.1 Å². The minimum Gasteiger partial charge on any atom is -0.454 e. The van der Waals surface area contributed by atoms with Gasteiger partial charge in [0.25, 0.3) is 5.56 Å². The molecule has 1 aliphatic rings. The average molecular weight is 490 g/mol. The summed E-state index contributed by atoms with van der Waals surface area (Å²) in [4.78, 5) is 30.7. The molecule has 1 aromatic heterocycles. The molecule has 7 nitrogen and oxygen atoms in total. The Morgan fingerprint density at radius 1 is 1.06 bits per heavy atom. The van der Waals surface area contributed by atoms with Gasteiger partial charge in [-0.25, -0.2) is 4.79 Å². The van der Waals surface area contributed by atoms with Crippen molar-refractivity contribution in [1.29, 1.82) is 0 Å². The van der Waals surface area contributed by atoms with Crippen LogP contribution in [0.2, 0.25) is 5.02 Å². The molecular formula is C27H24ClN3O4. The van der Waals surface area contributed by atoms with Crippen molar-refractivity contribution in [3.63, 3.8) is 0 Å². The Bertz CT molecular complexity index is 1470. The zero-order valence-corrected chi connectivity index (χ0v) is 19.9. The highest BCUT2D eigenvalue weighted by molar-refractivity contribution is 6.33. The van der Waals surface area contributed by atoms with E-state index in [1.807, 2.05) is 31.2 Å². The number of aromatic amines is 1. The number of aryl methyl sites for hydroxylation is 1. The lowest BCUT2D eigenvalue weighted by molar-refractivity contribution is 0.174. The van der Waals surface area contributed by atoms with Crippen molar-refractivity contribution in [2.24, 2.45) is 0 Å². The summed E-state index contributed by atoms with van der Waals surface area (Å²) in [5.74, 6) is 1.23. The molecule has 0 saturated carbocycles. The highest BCUT2D eigenvalue weighted by atomic mass is 35.5. The van der Waals surface area contributed by atoms with Crippen LogP contribution in [0.3, 0.4) is 0 Å². The predicted molar refractivity (Wildman–Crippen MR) is 136 cm³/mol. The molecule has 0 aliphatic carbocycles. The first kappa shape index (κ1) is 22.8. The van der Waals surface area contributed by atoms with Gasteiger partial charge in [0, 0.05) is 23.6 Å². The second kappa shape index (κ2) is 9.72. The lowest BCUT2D eigenvalue weighted by atomic mass is 10.1. The average Bonchev–Trinajstić information content (AvgIpc) is 3.29. The number of hydrogen-bond donors (Lipinski definition) is 2. The van der Waals surface area contributed by atoms with Crippen molar-refractivity contribution in [3.05, 3.63) is 98.8 Å². The Balaban J connectivity index is 1.43. The number of halogens is 1. The van der Waals surface area contributed by atoms with Crippen molar-refractivity contribution < 1.29 is 14.3 Å². The number of ether oxygens (including phenoxy) is 2. The summed E-state index contributed by atoms with van der Waals surface area (Å²) in [6.07, 6.45) is 0.641. The van der Waals surface area contributed by atoms with Crippen LogP contribution in [-0.2, 0) is 13.0 Å². The van der Waals surface area contributed by atoms with Crippen LogP contribution in [0.4, 0.5) is 10.5 Å². The van der Waals surface area contributed by atoms with Gasteiger partial charge in [-0.15, -0.1) is 0 Å². The number of fused-ring (bicyclic) bond motifs is 2. The standard InChI is InChI=1S/C27H24ClN3O4/c1-17-5-4-6-18(11-17)9-10-31(27(33)30-22-8-3-2-7-21(22)28)15-20-12-19-13-24-25(35-16-34-24)14-23(19)29-26(20)32/h2-8,11-14H,9-10,15-16H2,1H3,(H,29,32)(H,30,33). The van der Waals surface area contributed by atoms with Crippen LogP contribution in [0.25, 0.3) is 10.9 Å². The van der Waals surface area contributed by atoms with Gasteiger partial charge in [-0.1, -0.05) is 53.6 Å². The summed E-state index contributed by atoms with van der Waals surface area (Å²) >= 11 is 6.25. The first-order valence-electron chi connectivity index (χ1n) is 11.3. The predicted octanol–water partition coefficient (Wildman–Crippen LogP) is 5.50. The van der Waals surface area contributed by atoms with Gasteiger partial charge < -0.3 is 24.7 Å². The fraction of sp³-hybridized carbons (Fsp3) is 0.185. The quantitative estimate of drug-likeness (QED) is 0.375. The number of hydrogen-bond acceptors (Lipinski definition) is 4. The molecule has 0 atom stereocenters. The molecule has 35 heavy (non-hydrogen) atoms. The zero-order valence-electron chi connectivity index (χ0n) is 19.1. The van der Waals surface area contributed by atoms with Crippen LogP contribution in [0.5, 0.6) is 11.5 Å². The Morgan fingerprint density at radius 3 is 2.66 bits per heavy atom. The second-order valence-electron chi connectivity index (χ2n) is 8.49. The monoisotopic (exact) mass is 489 g/mol. The first-order chi connectivity index (χ1) is 17.0. The normalized spacial score (nSPS) is 12.1. The van der Waals surface area contributed by atoms with Gasteiger partial charge in [-0.3, -0.25) is 4.79 Å². The smallest absolute Gasteiger partial charge is 0.322 e. The van der Waals surface area contributed by atoms with E-state index in [0.717, 1.165) is 16.5 Å². The van der Waals surface area contributed by atoms with E-state index < -0.39 is 0 Å². The summed E-state index contributed by atoms with van der Waals surface area (Å²) < 4.78 is 10.9. The van der Waals surface area contributed by atoms with E-state index in [0.29, 0.717) is 46.3 Å². The summed E-state index contributed by atoms with van der Waals surface area (Å²) in [5, 5.41) is 4.12. The Kier molecular flexibility index (Phi) is 6.33. The van der Waals surface area contributed by atoms with Crippen molar-refractivity contribution in [1.82, 2.24) is 9.88 Å². The van der Waals surface area contributed by atoms with Gasteiger partial charge in [0.2, 0.25) is 6.79 Å². The van der Waals surface area contributed by atoms with E-state index >= 15 is 0 Å². The summed E-state index contributed by atoms with van der Waals surface area (Å²) in [6, 6.07) is 20.2. The highest BCUT2D eigenvalue weighted by Gasteiger charge is 2.19. The first-order valence-corrected chi connectivity index (χ1v) is 11.7. The Morgan fingerprint density at radius 2 is 1.86 bits per heavy atom. The number of urea groups is 1. The van der Waals surface area contributed by atoms with Crippen LogP contribution < -0.4 is 20.3 Å². The van der Waals surface area contributed by atoms with Crippen LogP contribution in [0, 0.1) is 6.92 Å². The molecule has 2 heterocycles. The molecule has 0 bridgehead atoms. The second-order valence-corrected chi connectivity index (χ2v) is 8.89. The number of carbonyl (C=O) groups excluding carboxylic acids is 1. The topological polar surface area (TPSA) is 83.7 Å². The van der Waals surface area contributed by atoms with Gasteiger partial charge in [0.15, 0.2) is 11.5 Å². The number of nitrogens with zero attached hydrogens (tertiary/aromatic N) is 1. The molecule has 4 aromatic rings. The molecule has 0 radical (unpaired) electrons. The van der Waals surface area contributed by atoms with E-state index in [2.05, 4.69) is 16.4 Å². The van der Waals surface area contributed by atoms with Crippen LogP contribution >= 0.6 is 11.6 Å². The molecule has 178 valence electrons. The molecule has 8 heteroatoms. The number of benzene rings is 3. The zero-order chi connectivity index (χ0) is 24.4. The minimum atomic E-state index is -0.337. The van der Waals surface area contributed by atoms with Gasteiger partial charge in [-0.05, 0) is 43.2 Å². The van der Waals surface area contributed by atoms with Crippen molar-refractivity contribution >= 4 is 34.2 Å².